The second-order valence-electron chi connectivity index (χ2n) is 2.39. The first-order chi connectivity index (χ1) is 6.72. The van der Waals surface area contributed by atoms with Gasteiger partial charge in [-0.05, 0) is 0 Å². The lowest BCUT2D eigenvalue weighted by molar-refractivity contribution is 0.176. The van der Waals surface area contributed by atoms with Gasteiger partial charge in [-0.1, -0.05) is 0 Å². The normalized spacial score (nSPS) is 9.71. The largest absolute Gasteiger partial charge is 0.497 e. The number of benzene rings is 1. The highest BCUT2D eigenvalue weighted by molar-refractivity contribution is 5.46. The summed E-state index contributed by atoms with van der Waals surface area (Å²) in [5.41, 5.74) is 0. The predicted molar refractivity (Wildman–Crippen MR) is 46.1 cm³/mol. The first-order valence-corrected chi connectivity index (χ1v) is 3.83. The van der Waals surface area contributed by atoms with Gasteiger partial charge in [0.05, 0.1) is 14.2 Å². The summed E-state index contributed by atoms with van der Waals surface area (Å²) in [7, 11) is 2.73. The fourth-order valence-corrected chi connectivity index (χ4v) is 1.01. The molecule has 0 heterocycles. The van der Waals surface area contributed by atoms with Crippen LogP contribution in [0.3, 0.4) is 0 Å². The molecule has 0 saturated heterocycles. The molecule has 0 spiro atoms. The molecule has 0 aliphatic carbocycles. The van der Waals surface area contributed by atoms with E-state index in [0.717, 1.165) is 6.07 Å². The number of alkyl halides is 1. The van der Waals surface area contributed by atoms with Crippen molar-refractivity contribution in [3.8, 4) is 17.2 Å². The Kier molecular flexibility index (Phi) is 3.50. The van der Waals surface area contributed by atoms with E-state index in [2.05, 4.69) is 4.74 Å². The molecule has 0 aromatic heterocycles. The fraction of sp³-hybridized carbons (Fsp3) is 0.333. The van der Waals surface area contributed by atoms with Crippen LogP contribution in [-0.4, -0.2) is 21.1 Å². The van der Waals surface area contributed by atoms with Crippen LogP contribution in [0.5, 0.6) is 17.2 Å². The van der Waals surface area contributed by atoms with Crippen molar-refractivity contribution < 1.29 is 23.0 Å². The van der Waals surface area contributed by atoms with E-state index in [1.807, 2.05) is 0 Å². The monoisotopic (exact) mass is 204 g/mol. The van der Waals surface area contributed by atoms with Crippen LogP contribution in [0, 0.1) is 5.82 Å². The third kappa shape index (κ3) is 2.04. The summed E-state index contributed by atoms with van der Waals surface area (Å²) in [6.07, 6.45) is 0. The van der Waals surface area contributed by atoms with E-state index < -0.39 is 12.7 Å². The summed E-state index contributed by atoms with van der Waals surface area (Å²) in [6, 6.07) is 2.50. The number of hydrogen-bond donors (Lipinski definition) is 0. The Morgan fingerprint density at radius 3 is 2.43 bits per heavy atom. The molecule has 0 atom stereocenters. The molecule has 14 heavy (non-hydrogen) atoms. The SMILES string of the molecule is COc1cc(F)c(OCF)c(OC)c1. The third-order valence-corrected chi connectivity index (χ3v) is 1.64. The van der Waals surface area contributed by atoms with Crippen LogP contribution in [0.4, 0.5) is 8.78 Å². The number of rotatable bonds is 4. The lowest BCUT2D eigenvalue weighted by Gasteiger charge is -2.10. The highest BCUT2D eigenvalue weighted by Gasteiger charge is 2.13. The summed E-state index contributed by atoms with van der Waals surface area (Å²) in [5, 5.41) is 0. The van der Waals surface area contributed by atoms with Crippen LogP contribution in [0.15, 0.2) is 12.1 Å². The van der Waals surface area contributed by atoms with Gasteiger partial charge in [0.1, 0.15) is 5.75 Å². The van der Waals surface area contributed by atoms with Gasteiger partial charge in [-0.2, -0.15) is 0 Å². The summed E-state index contributed by atoms with van der Waals surface area (Å²) >= 11 is 0. The van der Waals surface area contributed by atoms with Gasteiger partial charge in [0.15, 0.2) is 11.6 Å². The molecule has 0 fully saturated rings. The molecule has 0 N–H and O–H groups in total. The van der Waals surface area contributed by atoms with Crippen LogP contribution in [0.2, 0.25) is 0 Å². The topological polar surface area (TPSA) is 27.7 Å². The smallest absolute Gasteiger partial charge is 0.228 e. The zero-order chi connectivity index (χ0) is 10.6. The first-order valence-electron chi connectivity index (χ1n) is 3.83. The maximum atomic E-state index is 13.2. The molecule has 0 saturated carbocycles. The van der Waals surface area contributed by atoms with Crippen molar-refractivity contribution in [1.29, 1.82) is 0 Å². The standard InChI is InChI=1S/C9H10F2O3/c1-12-6-3-7(11)9(14-5-10)8(4-6)13-2/h3-4H,5H2,1-2H3. The second-order valence-corrected chi connectivity index (χ2v) is 2.39. The molecule has 1 aromatic carbocycles. The molecule has 1 rings (SSSR count). The van der Waals surface area contributed by atoms with Crippen LogP contribution >= 0.6 is 0 Å². The molecule has 0 aliphatic rings. The predicted octanol–water partition coefficient (Wildman–Crippen LogP) is 2.15. The third-order valence-electron chi connectivity index (χ3n) is 1.64. The van der Waals surface area contributed by atoms with Crippen molar-refractivity contribution in [2.24, 2.45) is 0 Å². The maximum Gasteiger partial charge on any atom is 0.228 e. The lowest BCUT2D eigenvalue weighted by Crippen LogP contribution is -1.98. The van der Waals surface area contributed by atoms with Gasteiger partial charge < -0.3 is 14.2 Å². The van der Waals surface area contributed by atoms with Gasteiger partial charge in [0.2, 0.25) is 12.6 Å². The summed E-state index contributed by atoms with van der Waals surface area (Å²) in [5.74, 6) is -0.597. The number of ether oxygens (including phenoxy) is 3. The molecule has 0 radical (unpaired) electrons. The number of methoxy groups -OCH3 is 2. The Balaban J connectivity index is 3.13. The van der Waals surface area contributed by atoms with Crippen molar-refractivity contribution in [3.05, 3.63) is 17.9 Å². The van der Waals surface area contributed by atoms with Crippen LogP contribution in [0.25, 0.3) is 0 Å². The van der Waals surface area contributed by atoms with Gasteiger partial charge in [-0.15, -0.1) is 0 Å². The lowest BCUT2D eigenvalue weighted by atomic mass is 10.3. The van der Waals surface area contributed by atoms with Gasteiger partial charge in [-0.25, -0.2) is 8.78 Å². The van der Waals surface area contributed by atoms with Crippen molar-refractivity contribution in [1.82, 2.24) is 0 Å². The first kappa shape index (κ1) is 10.6. The van der Waals surface area contributed by atoms with E-state index in [9.17, 15) is 8.78 Å². The number of halogens is 2. The van der Waals surface area contributed by atoms with Gasteiger partial charge in [0, 0.05) is 12.1 Å². The van der Waals surface area contributed by atoms with Crippen LogP contribution < -0.4 is 14.2 Å². The highest BCUT2D eigenvalue weighted by Crippen LogP contribution is 2.34. The zero-order valence-electron chi connectivity index (χ0n) is 7.84. The van der Waals surface area contributed by atoms with Crippen molar-refractivity contribution in [3.63, 3.8) is 0 Å². The highest BCUT2D eigenvalue weighted by atomic mass is 19.1. The Morgan fingerprint density at radius 1 is 1.21 bits per heavy atom. The van der Waals surface area contributed by atoms with E-state index in [4.69, 9.17) is 9.47 Å². The molecule has 5 heteroatoms. The van der Waals surface area contributed by atoms with Crippen molar-refractivity contribution in [2.75, 3.05) is 21.1 Å². The zero-order valence-corrected chi connectivity index (χ0v) is 7.84. The van der Waals surface area contributed by atoms with Gasteiger partial charge in [-0.3, -0.25) is 0 Å². The van der Waals surface area contributed by atoms with E-state index in [-0.39, 0.29) is 17.2 Å². The molecule has 0 bridgehead atoms. The Hall–Kier alpha value is -1.52. The summed E-state index contributed by atoms with van der Waals surface area (Å²) < 4.78 is 39.1. The molecule has 3 nitrogen and oxygen atoms in total. The quantitative estimate of drug-likeness (QED) is 0.752. The van der Waals surface area contributed by atoms with Crippen LogP contribution in [-0.2, 0) is 0 Å². The minimum absolute atomic E-state index is 0.0968. The molecule has 1 aromatic rings. The van der Waals surface area contributed by atoms with E-state index in [1.54, 1.807) is 0 Å². The summed E-state index contributed by atoms with van der Waals surface area (Å²) in [4.78, 5) is 0. The average Bonchev–Trinajstić information content (AvgIpc) is 2.20. The molecule has 78 valence electrons. The van der Waals surface area contributed by atoms with Gasteiger partial charge in [0.25, 0.3) is 0 Å². The minimum Gasteiger partial charge on any atom is -0.497 e. The van der Waals surface area contributed by atoms with Crippen molar-refractivity contribution >= 4 is 0 Å². The molecule has 0 amide bonds. The molecular formula is C9H10F2O3. The fourth-order valence-electron chi connectivity index (χ4n) is 1.01. The number of hydrogen-bond acceptors (Lipinski definition) is 3. The van der Waals surface area contributed by atoms with Gasteiger partial charge >= 0.3 is 0 Å². The van der Waals surface area contributed by atoms with E-state index >= 15 is 0 Å². The second kappa shape index (κ2) is 4.64. The van der Waals surface area contributed by atoms with Crippen molar-refractivity contribution in [2.45, 2.75) is 0 Å². The van der Waals surface area contributed by atoms with E-state index in [0.29, 0.717) is 0 Å². The Bertz CT molecular complexity index is 315. The summed E-state index contributed by atoms with van der Waals surface area (Å²) in [6.45, 7) is -1.11. The molecule has 0 unspecified atom stereocenters. The molecule has 0 aliphatic heterocycles. The average molecular weight is 204 g/mol. The Labute approximate surface area is 80.2 Å². The molecular weight excluding hydrogens is 194 g/mol. The Morgan fingerprint density at radius 2 is 1.93 bits per heavy atom. The maximum absolute atomic E-state index is 13.2. The van der Waals surface area contributed by atoms with E-state index in [1.165, 1.54) is 20.3 Å². The van der Waals surface area contributed by atoms with Crippen LogP contribution in [0.1, 0.15) is 0 Å². The minimum atomic E-state index is -1.11.